The van der Waals surface area contributed by atoms with Gasteiger partial charge in [0.15, 0.2) is 0 Å². The predicted molar refractivity (Wildman–Crippen MR) is 186 cm³/mol. The van der Waals surface area contributed by atoms with Crippen molar-refractivity contribution >= 4 is 28.6 Å². The Hall–Kier alpha value is -5.48. The van der Waals surface area contributed by atoms with E-state index in [9.17, 15) is 14.9 Å². The summed E-state index contributed by atoms with van der Waals surface area (Å²) in [4.78, 5) is 36.2. The van der Waals surface area contributed by atoms with Crippen molar-refractivity contribution in [2.45, 2.75) is 52.2 Å². The molecule has 1 aliphatic heterocycles. The first-order valence-corrected chi connectivity index (χ1v) is 16.0. The van der Waals surface area contributed by atoms with E-state index in [1.165, 1.54) is 0 Å². The van der Waals surface area contributed by atoms with Crippen molar-refractivity contribution in [1.29, 1.82) is 5.26 Å². The molecule has 0 unspecified atom stereocenters. The quantitative estimate of drug-likeness (QED) is 0.196. The molecule has 6 rings (SSSR count). The molecule has 2 amide bonds. The standard InChI is InChI=1S/C40H38N4O3/c1-27-10-8-13-31-21-22-42-37(36(27)31)44(34-14-9-23-43(26-34)39(46)47-40(2,3)4)38(45)32-19-20-33(25-41)35(24-32)30-17-15-29(16-18-30)28-11-6-5-7-12-28/h5-8,10-13,15-22,24,34H,9,14,23,26H2,1-4H3/t34-/m1/s1. The van der Waals surface area contributed by atoms with Crippen LogP contribution < -0.4 is 4.90 Å². The minimum absolute atomic E-state index is 0.240. The Balaban J connectivity index is 1.42. The van der Waals surface area contributed by atoms with Crippen LogP contribution >= 0.6 is 0 Å². The monoisotopic (exact) mass is 622 g/mol. The number of nitriles is 1. The second kappa shape index (κ2) is 13.1. The first-order chi connectivity index (χ1) is 22.6. The predicted octanol–water partition coefficient (Wildman–Crippen LogP) is 8.80. The van der Waals surface area contributed by atoms with E-state index in [1.807, 2.05) is 94.4 Å². The number of fused-ring (bicyclic) bond motifs is 1. The van der Waals surface area contributed by atoms with Crippen molar-refractivity contribution in [2.75, 3.05) is 18.0 Å². The number of pyridine rings is 1. The molecule has 236 valence electrons. The van der Waals surface area contributed by atoms with Gasteiger partial charge < -0.3 is 9.64 Å². The number of carbonyl (C=O) groups excluding carboxylic acids is 2. The number of benzene rings is 4. The number of aromatic nitrogens is 1. The number of amides is 2. The van der Waals surface area contributed by atoms with Gasteiger partial charge in [0, 0.05) is 35.8 Å². The van der Waals surface area contributed by atoms with Crippen molar-refractivity contribution in [1.82, 2.24) is 9.88 Å². The van der Waals surface area contributed by atoms with Gasteiger partial charge in [-0.1, -0.05) is 72.8 Å². The van der Waals surface area contributed by atoms with E-state index in [4.69, 9.17) is 9.72 Å². The lowest BCUT2D eigenvalue weighted by molar-refractivity contribution is 0.0196. The number of nitrogens with zero attached hydrogens (tertiary/aromatic N) is 4. The molecule has 2 heterocycles. The number of carbonyl (C=O) groups is 2. The summed E-state index contributed by atoms with van der Waals surface area (Å²) in [6.45, 7) is 8.43. The van der Waals surface area contributed by atoms with Gasteiger partial charge >= 0.3 is 6.09 Å². The summed E-state index contributed by atoms with van der Waals surface area (Å²) in [6, 6.07) is 33.3. The number of hydrogen-bond donors (Lipinski definition) is 0. The Bertz CT molecular complexity index is 1970. The minimum Gasteiger partial charge on any atom is -0.444 e. The largest absolute Gasteiger partial charge is 0.444 e. The fraction of sp³-hybridized carbons (Fsp3) is 0.250. The minimum atomic E-state index is -0.633. The van der Waals surface area contributed by atoms with Crippen LogP contribution in [0.4, 0.5) is 10.6 Å². The van der Waals surface area contributed by atoms with Crippen LogP contribution in [0.2, 0.25) is 0 Å². The van der Waals surface area contributed by atoms with E-state index >= 15 is 0 Å². The lowest BCUT2D eigenvalue weighted by Gasteiger charge is -2.39. The zero-order chi connectivity index (χ0) is 33.1. The molecular formula is C40H38N4O3. The third kappa shape index (κ3) is 6.73. The summed E-state index contributed by atoms with van der Waals surface area (Å²) in [5.41, 5.74) is 4.98. The van der Waals surface area contributed by atoms with Gasteiger partial charge in [-0.3, -0.25) is 9.69 Å². The third-order valence-corrected chi connectivity index (χ3v) is 8.53. The number of piperidine rings is 1. The highest BCUT2D eigenvalue weighted by Gasteiger charge is 2.35. The number of ether oxygens (including phenoxy) is 1. The Kier molecular flexibility index (Phi) is 8.78. The van der Waals surface area contributed by atoms with Crippen LogP contribution in [0.25, 0.3) is 33.0 Å². The van der Waals surface area contributed by atoms with E-state index in [-0.39, 0.29) is 11.9 Å². The average molecular weight is 623 g/mol. The third-order valence-electron chi connectivity index (χ3n) is 8.53. The molecule has 0 bridgehead atoms. The maximum Gasteiger partial charge on any atom is 0.410 e. The normalized spacial score (nSPS) is 14.8. The Morgan fingerprint density at radius 2 is 1.64 bits per heavy atom. The molecule has 47 heavy (non-hydrogen) atoms. The zero-order valence-corrected chi connectivity index (χ0v) is 27.2. The fourth-order valence-electron chi connectivity index (χ4n) is 6.29. The Labute approximate surface area is 276 Å². The summed E-state index contributed by atoms with van der Waals surface area (Å²) in [5.74, 6) is 0.315. The lowest BCUT2D eigenvalue weighted by atomic mass is 9.94. The maximum absolute atomic E-state index is 14.8. The van der Waals surface area contributed by atoms with Crippen LogP contribution in [0.5, 0.6) is 0 Å². The number of hydrogen-bond acceptors (Lipinski definition) is 5. The molecule has 4 aromatic carbocycles. The van der Waals surface area contributed by atoms with Crippen LogP contribution in [0.3, 0.4) is 0 Å². The second-order valence-electron chi connectivity index (χ2n) is 13.0. The molecule has 0 saturated carbocycles. The highest BCUT2D eigenvalue weighted by molar-refractivity contribution is 6.11. The van der Waals surface area contributed by atoms with E-state index in [2.05, 4.69) is 18.2 Å². The molecule has 0 spiro atoms. The molecule has 1 fully saturated rings. The van der Waals surface area contributed by atoms with Crippen molar-refractivity contribution in [3.63, 3.8) is 0 Å². The molecule has 7 heteroatoms. The molecule has 0 aliphatic carbocycles. The number of aryl methyl sites for hydroxylation is 1. The molecule has 0 N–H and O–H groups in total. The first-order valence-electron chi connectivity index (χ1n) is 16.0. The molecule has 5 aromatic rings. The molecular weight excluding hydrogens is 584 g/mol. The van der Waals surface area contributed by atoms with Gasteiger partial charge in [-0.15, -0.1) is 0 Å². The van der Waals surface area contributed by atoms with Gasteiger partial charge in [-0.05, 0) is 92.4 Å². The summed E-state index contributed by atoms with van der Waals surface area (Å²) in [5, 5.41) is 11.9. The van der Waals surface area contributed by atoms with E-state index in [0.717, 1.165) is 33.0 Å². The van der Waals surface area contributed by atoms with Crippen LogP contribution in [-0.4, -0.2) is 46.6 Å². The van der Waals surface area contributed by atoms with Gasteiger partial charge in [0.1, 0.15) is 11.4 Å². The van der Waals surface area contributed by atoms with E-state index in [1.54, 1.807) is 34.2 Å². The number of anilines is 1. The summed E-state index contributed by atoms with van der Waals surface area (Å²) < 4.78 is 5.71. The molecule has 1 aliphatic rings. The Morgan fingerprint density at radius 3 is 2.36 bits per heavy atom. The second-order valence-corrected chi connectivity index (χ2v) is 13.0. The lowest BCUT2D eigenvalue weighted by Crippen LogP contribution is -2.53. The summed E-state index contributed by atoms with van der Waals surface area (Å²) in [7, 11) is 0. The van der Waals surface area contributed by atoms with Crippen molar-refractivity contribution in [3.8, 4) is 28.3 Å². The maximum atomic E-state index is 14.8. The van der Waals surface area contributed by atoms with Crippen molar-refractivity contribution in [2.24, 2.45) is 0 Å². The average Bonchev–Trinajstić information content (AvgIpc) is 3.08. The van der Waals surface area contributed by atoms with Crippen LogP contribution in [0, 0.1) is 18.3 Å². The van der Waals surface area contributed by atoms with Gasteiger partial charge in [-0.25, -0.2) is 9.78 Å². The van der Waals surface area contributed by atoms with Gasteiger partial charge in [-0.2, -0.15) is 5.26 Å². The highest BCUT2D eigenvalue weighted by atomic mass is 16.6. The summed E-state index contributed by atoms with van der Waals surface area (Å²) >= 11 is 0. The topological polar surface area (TPSA) is 86.5 Å². The first kappa shape index (κ1) is 31.5. The van der Waals surface area contributed by atoms with Crippen molar-refractivity contribution < 1.29 is 14.3 Å². The van der Waals surface area contributed by atoms with E-state index in [0.29, 0.717) is 48.4 Å². The van der Waals surface area contributed by atoms with Gasteiger partial charge in [0.2, 0.25) is 0 Å². The van der Waals surface area contributed by atoms with Crippen LogP contribution in [0.15, 0.2) is 103 Å². The Morgan fingerprint density at radius 1 is 0.915 bits per heavy atom. The SMILES string of the molecule is Cc1cccc2ccnc(N(C(=O)c3ccc(C#N)c(-c4ccc(-c5ccccc5)cc4)c3)[C@@H]3CCCN(C(=O)OC(C)(C)C)C3)c12. The van der Waals surface area contributed by atoms with Gasteiger partial charge in [0.25, 0.3) is 5.91 Å². The zero-order valence-electron chi connectivity index (χ0n) is 27.2. The molecule has 0 radical (unpaired) electrons. The molecule has 1 atom stereocenters. The summed E-state index contributed by atoms with van der Waals surface area (Å²) in [6.07, 6.45) is 2.74. The molecule has 1 aromatic heterocycles. The highest BCUT2D eigenvalue weighted by Crippen LogP contribution is 2.34. The molecule has 7 nitrogen and oxygen atoms in total. The van der Waals surface area contributed by atoms with Crippen LogP contribution in [-0.2, 0) is 4.74 Å². The van der Waals surface area contributed by atoms with Crippen molar-refractivity contribution in [3.05, 3.63) is 120 Å². The number of likely N-dealkylation sites (tertiary alicyclic amines) is 1. The van der Waals surface area contributed by atoms with Crippen LogP contribution in [0.1, 0.15) is 55.1 Å². The van der Waals surface area contributed by atoms with E-state index < -0.39 is 11.7 Å². The smallest absolute Gasteiger partial charge is 0.410 e. The molecule has 1 saturated heterocycles. The number of rotatable bonds is 5. The van der Waals surface area contributed by atoms with Gasteiger partial charge in [0.05, 0.1) is 17.7 Å². The fourth-order valence-corrected chi connectivity index (χ4v) is 6.29.